The average molecular weight is 310 g/mol. The molecule has 1 aliphatic carbocycles. The number of halogens is 1. The van der Waals surface area contributed by atoms with Crippen LogP contribution in [0.2, 0.25) is 5.28 Å². The fourth-order valence-corrected chi connectivity index (χ4v) is 4.48. The molecule has 1 N–H and O–H groups in total. The van der Waals surface area contributed by atoms with E-state index in [-0.39, 0.29) is 0 Å². The highest BCUT2D eigenvalue weighted by molar-refractivity contribution is 7.18. The van der Waals surface area contributed by atoms with Gasteiger partial charge in [-0.2, -0.15) is 0 Å². The van der Waals surface area contributed by atoms with Crippen molar-refractivity contribution in [1.29, 1.82) is 0 Å². The Balaban J connectivity index is 1.90. The number of aryl methyl sites for hydroxylation is 1. The molecule has 1 fully saturated rings. The third-order valence-electron chi connectivity index (χ3n) is 4.01. The average Bonchev–Trinajstić information content (AvgIpc) is 2.68. The number of nitrogens with one attached hydrogen (secondary N) is 1. The molecular weight excluding hydrogens is 290 g/mol. The lowest BCUT2D eigenvalue weighted by Crippen LogP contribution is -2.30. The largest absolute Gasteiger partial charge is 0.367 e. The van der Waals surface area contributed by atoms with Gasteiger partial charge in [0.2, 0.25) is 5.28 Å². The number of aromatic nitrogens is 2. The zero-order valence-electron chi connectivity index (χ0n) is 12.1. The number of fused-ring (bicyclic) bond motifs is 1. The molecule has 0 radical (unpaired) electrons. The quantitative estimate of drug-likeness (QED) is 0.803. The molecule has 1 saturated carbocycles. The van der Waals surface area contributed by atoms with Crippen LogP contribution >= 0.6 is 22.9 Å². The molecule has 0 saturated heterocycles. The molecule has 0 bridgehead atoms. The van der Waals surface area contributed by atoms with E-state index in [4.69, 9.17) is 11.6 Å². The summed E-state index contributed by atoms with van der Waals surface area (Å²) in [5.74, 6) is 2.44. The van der Waals surface area contributed by atoms with Gasteiger partial charge in [-0.15, -0.1) is 11.3 Å². The van der Waals surface area contributed by atoms with E-state index in [9.17, 15) is 0 Å². The van der Waals surface area contributed by atoms with Gasteiger partial charge in [-0.25, -0.2) is 9.97 Å². The van der Waals surface area contributed by atoms with Crippen molar-refractivity contribution in [3.8, 4) is 0 Å². The number of hydrogen-bond acceptors (Lipinski definition) is 4. The molecule has 0 aliphatic heterocycles. The second-order valence-electron chi connectivity index (χ2n) is 6.18. The lowest BCUT2D eigenvalue weighted by molar-refractivity contribution is 0.280. The molecule has 0 amide bonds. The van der Waals surface area contributed by atoms with E-state index in [1.165, 1.54) is 24.1 Å². The molecule has 5 heteroatoms. The maximum absolute atomic E-state index is 6.05. The Morgan fingerprint density at radius 3 is 2.60 bits per heavy atom. The molecule has 0 aromatic carbocycles. The third kappa shape index (κ3) is 2.91. The number of nitrogens with zero attached hydrogens (tertiary/aromatic N) is 2. The van der Waals surface area contributed by atoms with Crippen LogP contribution in [0.5, 0.6) is 0 Å². The summed E-state index contributed by atoms with van der Waals surface area (Å²) >= 11 is 7.72. The van der Waals surface area contributed by atoms with E-state index in [2.05, 4.69) is 42.1 Å². The molecule has 2 unspecified atom stereocenters. The van der Waals surface area contributed by atoms with Crippen molar-refractivity contribution in [3.05, 3.63) is 16.2 Å². The van der Waals surface area contributed by atoms with Crippen LogP contribution in [0.25, 0.3) is 10.2 Å². The molecule has 108 valence electrons. The van der Waals surface area contributed by atoms with Gasteiger partial charge in [-0.1, -0.05) is 13.8 Å². The van der Waals surface area contributed by atoms with Gasteiger partial charge in [0, 0.05) is 10.9 Å². The van der Waals surface area contributed by atoms with Gasteiger partial charge in [0.15, 0.2) is 0 Å². The Morgan fingerprint density at radius 2 is 1.90 bits per heavy atom. The van der Waals surface area contributed by atoms with Crippen LogP contribution in [0.4, 0.5) is 5.82 Å². The monoisotopic (exact) mass is 309 g/mol. The Kier molecular flexibility index (Phi) is 3.87. The maximum Gasteiger partial charge on any atom is 0.225 e. The third-order valence-corrected chi connectivity index (χ3v) is 5.12. The van der Waals surface area contributed by atoms with Crippen LogP contribution in [-0.4, -0.2) is 16.0 Å². The van der Waals surface area contributed by atoms with Gasteiger partial charge in [-0.3, -0.25) is 0 Å². The molecule has 2 heterocycles. The zero-order valence-corrected chi connectivity index (χ0v) is 13.7. The molecule has 2 atom stereocenters. The highest BCUT2D eigenvalue weighted by atomic mass is 35.5. The van der Waals surface area contributed by atoms with Crippen molar-refractivity contribution < 1.29 is 0 Å². The fourth-order valence-electron chi connectivity index (χ4n) is 3.38. The van der Waals surface area contributed by atoms with E-state index < -0.39 is 0 Å². The van der Waals surface area contributed by atoms with Gasteiger partial charge in [0.05, 0.1) is 5.39 Å². The predicted molar refractivity (Wildman–Crippen MR) is 86.8 cm³/mol. The van der Waals surface area contributed by atoms with Crippen molar-refractivity contribution >= 4 is 39.0 Å². The SMILES string of the molecule is Cc1cc2c(NC3CC(C)CC(C)C3)nc(Cl)nc2s1. The van der Waals surface area contributed by atoms with Crippen molar-refractivity contribution in [2.75, 3.05) is 5.32 Å². The second kappa shape index (κ2) is 5.49. The topological polar surface area (TPSA) is 37.8 Å². The highest BCUT2D eigenvalue weighted by Crippen LogP contribution is 2.34. The first-order chi connectivity index (χ1) is 9.51. The van der Waals surface area contributed by atoms with E-state index in [1.807, 2.05) is 0 Å². The summed E-state index contributed by atoms with van der Waals surface area (Å²) in [7, 11) is 0. The van der Waals surface area contributed by atoms with Gasteiger partial charge in [0.1, 0.15) is 10.6 Å². The van der Waals surface area contributed by atoms with E-state index in [0.29, 0.717) is 11.3 Å². The minimum absolute atomic E-state index is 0.332. The molecule has 0 spiro atoms. The summed E-state index contributed by atoms with van der Waals surface area (Å²) in [6, 6.07) is 2.64. The fraction of sp³-hybridized carbons (Fsp3) is 0.600. The molecule has 2 aromatic heterocycles. The van der Waals surface area contributed by atoms with Crippen molar-refractivity contribution in [1.82, 2.24) is 9.97 Å². The number of anilines is 1. The smallest absolute Gasteiger partial charge is 0.225 e. The van der Waals surface area contributed by atoms with Gasteiger partial charge >= 0.3 is 0 Å². The Labute approximate surface area is 128 Å². The molecule has 3 rings (SSSR count). The zero-order chi connectivity index (χ0) is 14.3. The number of rotatable bonds is 2. The van der Waals surface area contributed by atoms with Crippen molar-refractivity contribution in [3.63, 3.8) is 0 Å². The summed E-state index contributed by atoms with van der Waals surface area (Å²) in [6.45, 7) is 6.76. The maximum atomic E-state index is 6.05. The molecule has 2 aromatic rings. The summed E-state index contributed by atoms with van der Waals surface area (Å²) in [6.07, 6.45) is 3.74. The van der Waals surface area contributed by atoms with Crippen LogP contribution in [0.1, 0.15) is 38.0 Å². The van der Waals surface area contributed by atoms with Crippen molar-refractivity contribution in [2.24, 2.45) is 11.8 Å². The van der Waals surface area contributed by atoms with Gasteiger partial charge < -0.3 is 5.32 Å². The molecule has 20 heavy (non-hydrogen) atoms. The number of thiophene rings is 1. The van der Waals surface area contributed by atoms with Crippen molar-refractivity contribution in [2.45, 2.75) is 46.1 Å². The summed E-state index contributed by atoms with van der Waals surface area (Å²) in [5, 5.41) is 5.04. The van der Waals surface area contributed by atoms with E-state index in [0.717, 1.165) is 27.9 Å². The Morgan fingerprint density at radius 1 is 1.20 bits per heavy atom. The minimum Gasteiger partial charge on any atom is -0.367 e. The molecule has 1 aliphatic rings. The number of hydrogen-bond donors (Lipinski definition) is 1. The summed E-state index contributed by atoms with van der Waals surface area (Å²) in [4.78, 5) is 10.9. The van der Waals surface area contributed by atoms with Crippen LogP contribution < -0.4 is 5.32 Å². The molecule has 3 nitrogen and oxygen atoms in total. The van der Waals surface area contributed by atoms with Crippen LogP contribution in [0, 0.1) is 18.8 Å². The second-order valence-corrected chi connectivity index (χ2v) is 7.75. The van der Waals surface area contributed by atoms with Gasteiger partial charge in [-0.05, 0) is 55.7 Å². The summed E-state index contributed by atoms with van der Waals surface area (Å²) < 4.78 is 0. The lowest BCUT2D eigenvalue weighted by atomic mass is 9.80. The molecular formula is C15H20ClN3S. The lowest BCUT2D eigenvalue weighted by Gasteiger charge is -2.32. The summed E-state index contributed by atoms with van der Waals surface area (Å²) in [5.41, 5.74) is 0. The normalized spacial score (nSPS) is 26.9. The van der Waals surface area contributed by atoms with Crippen LogP contribution in [0.3, 0.4) is 0 Å². The van der Waals surface area contributed by atoms with E-state index in [1.54, 1.807) is 11.3 Å². The van der Waals surface area contributed by atoms with Gasteiger partial charge in [0.25, 0.3) is 0 Å². The Hall–Kier alpha value is -0.870. The first-order valence-corrected chi connectivity index (χ1v) is 8.41. The standard InChI is InChI=1S/C15H20ClN3S/c1-8-4-9(2)6-11(5-8)17-13-12-7-10(3)20-14(12)19-15(16)18-13/h7-9,11H,4-6H2,1-3H3,(H,17,18,19). The van der Waals surface area contributed by atoms with E-state index >= 15 is 0 Å². The highest BCUT2D eigenvalue weighted by Gasteiger charge is 2.24. The Bertz CT molecular complexity index is 615. The van der Waals surface area contributed by atoms with Crippen LogP contribution in [0.15, 0.2) is 6.07 Å². The minimum atomic E-state index is 0.332. The predicted octanol–water partition coefficient (Wildman–Crippen LogP) is 4.89. The first kappa shape index (κ1) is 14.1. The first-order valence-electron chi connectivity index (χ1n) is 7.21. The van der Waals surface area contributed by atoms with Crippen LogP contribution in [-0.2, 0) is 0 Å².